The Labute approximate surface area is 230 Å². The van der Waals surface area contributed by atoms with Gasteiger partial charge in [-0.2, -0.15) is 0 Å². The zero-order valence-electron chi connectivity index (χ0n) is 21.8. The van der Waals surface area contributed by atoms with Crippen LogP contribution in [0.25, 0.3) is 0 Å². The Bertz CT molecular complexity index is 1190. The number of nitrogens with zero attached hydrogens (tertiary/aromatic N) is 2. The number of aliphatic hydroxyl groups is 1. The van der Waals surface area contributed by atoms with Gasteiger partial charge in [-0.15, -0.1) is 0 Å². The van der Waals surface area contributed by atoms with Crippen LogP contribution in [0.15, 0.2) is 47.4 Å². The van der Waals surface area contributed by atoms with Gasteiger partial charge in [0.1, 0.15) is 17.9 Å². The van der Waals surface area contributed by atoms with Crippen LogP contribution in [0.5, 0.6) is 5.75 Å². The van der Waals surface area contributed by atoms with Crippen molar-refractivity contribution in [2.75, 3.05) is 39.0 Å². The Hall–Kier alpha value is -2.17. The molecule has 0 aliphatic carbocycles. The summed E-state index contributed by atoms with van der Waals surface area (Å²) in [7, 11) is -3.28. The number of aliphatic carboxylic acids is 1. The molecule has 1 atom stereocenters. The van der Waals surface area contributed by atoms with E-state index in [2.05, 4.69) is 9.80 Å². The van der Waals surface area contributed by atoms with E-state index in [1.54, 1.807) is 36.4 Å². The molecule has 0 aromatic heterocycles. The second kappa shape index (κ2) is 12.8. The number of hydrogen-bond acceptors (Lipinski definition) is 7. The van der Waals surface area contributed by atoms with Crippen molar-refractivity contribution >= 4 is 27.4 Å². The van der Waals surface area contributed by atoms with Crippen molar-refractivity contribution < 1.29 is 28.2 Å². The Morgan fingerprint density at radius 3 is 2.26 bits per heavy atom. The fourth-order valence-corrected chi connectivity index (χ4v) is 6.27. The minimum absolute atomic E-state index is 0.0888. The van der Waals surface area contributed by atoms with Crippen molar-refractivity contribution in [2.45, 2.75) is 55.8 Å². The third kappa shape index (κ3) is 7.70. The Balaban J connectivity index is 1.22. The molecule has 2 saturated heterocycles. The molecular formula is C28H37ClN2O6S. The summed E-state index contributed by atoms with van der Waals surface area (Å²) >= 11 is 6.18. The number of rotatable bonds is 10. The molecule has 0 bridgehead atoms. The summed E-state index contributed by atoms with van der Waals surface area (Å²) in [6.07, 6.45) is 5.47. The number of aliphatic hydroxyl groups excluding tert-OH is 1. The van der Waals surface area contributed by atoms with Crippen molar-refractivity contribution in [3.8, 4) is 5.75 Å². The molecule has 2 aromatic carbocycles. The fourth-order valence-electron chi connectivity index (χ4n) is 5.41. The van der Waals surface area contributed by atoms with E-state index in [0.717, 1.165) is 76.0 Å². The van der Waals surface area contributed by atoms with Gasteiger partial charge in [0.15, 0.2) is 9.84 Å². The Kier molecular flexibility index (Phi) is 9.70. The molecule has 2 N–H and O–H groups in total. The van der Waals surface area contributed by atoms with E-state index >= 15 is 0 Å². The lowest BCUT2D eigenvalue weighted by molar-refractivity contribution is -0.144. The maximum absolute atomic E-state index is 12.1. The highest BCUT2D eigenvalue weighted by Crippen LogP contribution is 2.27. The van der Waals surface area contributed by atoms with Gasteiger partial charge in [-0.05, 0) is 86.5 Å². The van der Waals surface area contributed by atoms with Crippen LogP contribution in [-0.4, -0.2) is 85.5 Å². The third-order valence-electron chi connectivity index (χ3n) is 7.70. The van der Waals surface area contributed by atoms with Crippen LogP contribution in [-0.2, 0) is 27.7 Å². The van der Waals surface area contributed by atoms with Crippen LogP contribution < -0.4 is 4.74 Å². The highest BCUT2D eigenvalue weighted by molar-refractivity contribution is 7.90. The molecule has 1 unspecified atom stereocenters. The van der Waals surface area contributed by atoms with Crippen molar-refractivity contribution in [3.05, 3.63) is 58.6 Å². The van der Waals surface area contributed by atoms with E-state index in [0.29, 0.717) is 22.9 Å². The summed E-state index contributed by atoms with van der Waals surface area (Å²) in [5.41, 5.74) is 1.52. The van der Waals surface area contributed by atoms with Crippen molar-refractivity contribution in [1.82, 2.24) is 9.80 Å². The number of ether oxygens (including phenoxy) is 1. The van der Waals surface area contributed by atoms with E-state index < -0.39 is 21.8 Å². The molecule has 4 rings (SSSR count). The highest BCUT2D eigenvalue weighted by atomic mass is 35.5. The standard InChI is InChI=1S/C28H37ClN2O6S/c1-38(35,36)25-6-2-20(3-7-25)16-27(28(33)34)31-14-8-21(9-15-31)18-30-12-10-23(11-13-30)37-24-5-4-22(19-32)26(29)17-24/h2-7,17,21,23,27,32H,8-16,18-19H2,1H3,(H,33,34). The number of hydrogen-bond donors (Lipinski definition) is 2. The number of likely N-dealkylation sites (tertiary alicyclic amines) is 2. The largest absolute Gasteiger partial charge is 0.490 e. The number of halogens is 1. The van der Waals surface area contributed by atoms with Crippen LogP contribution >= 0.6 is 11.6 Å². The van der Waals surface area contributed by atoms with Gasteiger partial charge in [-0.1, -0.05) is 29.8 Å². The van der Waals surface area contributed by atoms with Crippen molar-refractivity contribution in [2.24, 2.45) is 5.92 Å². The summed E-state index contributed by atoms with van der Waals surface area (Å²) < 4.78 is 29.5. The molecule has 8 nitrogen and oxygen atoms in total. The maximum atomic E-state index is 12.1. The first-order valence-corrected chi connectivity index (χ1v) is 15.4. The zero-order valence-corrected chi connectivity index (χ0v) is 23.3. The number of carbonyl (C=O) groups is 1. The van der Waals surface area contributed by atoms with Crippen LogP contribution in [0.3, 0.4) is 0 Å². The number of piperidine rings is 2. The van der Waals surface area contributed by atoms with Crippen molar-refractivity contribution in [3.63, 3.8) is 0 Å². The van der Waals surface area contributed by atoms with Gasteiger partial charge in [0.2, 0.25) is 0 Å². The third-order valence-corrected chi connectivity index (χ3v) is 9.18. The molecule has 2 heterocycles. The van der Waals surface area contributed by atoms with Gasteiger partial charge < -0.3 is 19.8 Å². The van der Waals surface area contributed by atoms with E-state index in [1.165, 1.54) is 0 Å². The minimum atomic E-state index is -3.28. The van der Waals surface area contributed by atoms with Gasteiger partial charge in [0.25, 0.3) is 0 Å². The minimum Gasteiger partial charge on any atom is -0.490 e. The topological polar surface area (TPSA) is 107 Å². The number of benzene rings is 2. The van der Waals surface area contributed by atoms with Gasteiger partial charge in [-0.25, -0.2) is 8.42 Å². The van der Waals surface area contributed by atoms with Crippen LogP contribution in [0.1, 0.15) is 36.8 Å². The molecule has 0 radical (unpaired) electrons. The average molecular weight is 565 g/mol. The summed E-state index contributed by atoms with van der Waals surface area (Å²) in [4.78, 5) is 16.8. The second-order valence-electron chi connectivity index (χ2n) is 10.5. The monoisotopic (exact) mass is 564 g/mol. The molecular weight excluding hydrogens is 528 g/mol. The van der Waals surface area contributed by atoms with Crippen LogP contribution in [0, 0.1) is 5.92 Å². The highest BCUT2D eigenvalue weighted by Gasteiger charge is 2.31. The van der Waals surface area contributed by atoms with Crippen LogP contribution in [0.4, 0.5) is 0 Å². The molecule has 2 aliphatic rings. The fraction of sp³-hybridized carbons (Fsp3) is 0.536. The SMILES string of the molecule is CS(=O)(=O)c1ccc(CC(C(=O)O)N2CCC(CN3CCC(Oc4ccc(CO)c(Cl)c4)CC3)CC2)cc1. The molecule has 2 fully saturated rings. The summed E-state index contributed by atoms with van der Waals surface area (Å²) in [5, 5.41) is 19.7. The lowest BCUT2D eigenvalue weighted by atomic mass is 9.93. The van der Waals surface area contributed by atoms with Gasteiger partial charge in [-0.3, -0.25) is 9.69 Å². The number of carboxylic acid groups (broad SMARTS) is 1. The predicted molar refractivity (Wildman–Crippen MR) is 146 cm³/mol. The van der Waals surface area contributed by atoms with Gasteiger partial charge in [0.05, 0.1) is 11.5 Å². The molecule has 0 amide bonds. The first-order valence-electron chi connectivity index (χ1n) is 13.2. The summed E-state index contributed by atoms with van der Waals surface area (Å²) in [6, 6.07) is 11.3. The molecule has 0 saturated carbocycles. The Morgan fingerprint density at radius 1 is 1.05 bits per heavy atom. The van der Waals surface area contributed by atoms with Crippen LogP contribution in [0.2, 0.25) is 5.02 Å². The molecule has 2 aliphatic heterocycles. The molecule has 10 heteroatoms. The van der Waals surface area contributed by atoms with Gasteiger partial charge in [0, 0.05) is 30.9 Å². The first-order chi connectivity index (χ1) is 18.1. The first kappa shape index (κ1) is 28.8. The predicted octanol–water partition coefficient (Wildman–Crippen LogP) is 3.49. The normalized spacial score (nSPS) is 19.3. The molecule has 208 valence electrons. The summed E-state index contributed by atoms with van der Waals surface area (Å²) in [6.45, 7) is 4.35. The second-order valence-corrected chi connectivity index (χ2v) is 12.9. The number of carboxylic acids is 1. The average Bonchev–Trinajstić information content (AvgIpc) is 2.89. The lowest BCUT2D eigenvalue weighted by Gasteiger charge is -2.39. The summed E-state index contributed by atoms with van der Waals surface area (Å²) in [5.74, 6) is 0.430. The molecule has 2 aromatic rings. The smallest absolute Gasteiger partial charge is 0.321 e. The lowest BCUT2D eigenvalue weighted by Crippen LogP contribution is -2.48. The zero-order chi connectivity index (χ0) is 27.3. The Morgan fingerprint density at radius 2 is 1.71 bits per heavy atom. The van der Waals surface area contributed by atoms with E-state index in [1.807, 2.05) is 6.07 Å². The van der Waals surface area contributed by atoms with E-state index in [-0.39, 0.29) is 17.6 Å². The van der Waals surface area contributed by atoms with Gasteiger partial charge >= 0.3 is 5.97 Å². The molecule has 38 heavy (non-hydrogen) atoms. The quantitative estimate of drug-likeness (QED) is 0.452. The van der Waals surface area contributed by atoms with E-state index in [9.17, 15) is 23.4 Å². The molecule has 0 spiro atoms. The van der Waals surface area contributed by atoms with Crippen molar-refractivity contribution in [1.29, 1.82) is 0 Å². The maximum Gasteiger partial charge on any atom is 0.321 e. The van der Waals surface area contributed by atoms with E-state index in [4.69, 9.17) is 16.3 Å². The number of sulfone groups is 1.